The third kappa shape index (κ3) is 6.75. The van der Waals surface area contributed by atoms with Gasteiger partial charge in [-0.2, -0.15) is 0 Å². The number of rotatable bonds is 7. The van der Waals surface area contributed by atoms with Crippen LogP contribution in [-0.2, 0) is 14.8 Å². The van der Waals surface area contributed by atoms with Crippen molar-refractivity contribution in [2.45, 2.75) is 6.92 Å². The van der Waals surface area contributed by atoms with Gasteiger partial charge >= 0.3 is 0 Å². The summed E-state index contributed by atoms with van der Waals surface area (Å²) in [6.07, 6.45) is 1.19. The Morgan fingerprint density at radius 2 is 1.87 bits per heavy atom. The fraction of sp³-hybridized carbons (Fsp3) is 0.409. The molecule has 1 unspecified atom stereocenters. The molecule has 31 heavy (non-hydrogen) atoms. The van der Waals surface area contributed by atoms with E-state index in [0.717, 1.165) is 0 Å². The summed E-state index contributed by atoms with van der Waals surface area (Å²) in [6, 6.07) is 13.9. The predicted octanol–water partition coefficient (Wildman–Crippen LogP) is 2.35. The van der Waals surface area contributed by atoms with Crippen molar-refractivity contribution in [3.8, 4) is 5.75 Å². The first-order valence-corrected chi connectivity index (χ1v) is 12.0. The van der Waals surface area contributed by atoms with Crippen molar-refractivity contribution in [2.75, 3.05) is 50.9 Å². The van der Waals surface area contributed by atoms with E-state index in [1.165, 1.54) is 16.6 Å². The maximum atomic E-state index is 13.7. The molecule has 0 aromatic heterocycles. The highest BCUT2D eigenvalue weighted by Crippen LogP contribution is 2.19. The molecule has 0 aliphatic carbocycles. The van der Waals surface area contributed by atoms with Gasteiger partial charge < -0.3 is 10.1 Å². The summed E-state index contributed by atoms with van der Waals surface area (Å²) in [4.78, 5) is 14.5. The molecule has 2 aromatic carbocycles. The molecular formula is C22H28FN3O4S. The van der Waals surface area contributed by atoms with Gasteiger partial charge in [-0.25, -0.2) is 17.1 Å². The standard InChI is InChI=1S/C22H28FN3O4S/c1-17-20(23)9-6-10-21(17)24-22(27)15-25-11-12-26(31(2,28)29)14-18(13-25)16-30-19-7-4-3-5-8-19/h3-10,18H,11-16H2,1-2H3,(H,24,27). The zero-order valence-electron chi connectivity index (χ0n) is 17.8. The first kappa shape index (κ1) is 23.2. The van der Waals surface area contributed by atoms with Gasteiger partial charge in [-0.15, -0.1) is 0 Å². The molecule has 1 fully saturated rings. The minimum absolute atomic E-state index is 0.0788. The SMILES string of the molecule is Cc1c(F)cccc1NC(=O)CN1CCN(S(C)(=O)=O)CC(COc2ccccc2)C1. The molecule has 0 radical (unpaired) electrons. The van der Waals surface area contributed by atoms with E-state index >= 15 is 0 Å². The number of benzene rings is 2. The van der Waals surface area contributed by atoms with Crippen molar-refractivity contribution in [3.63, 3.8) is 0 Å². The van der Waals surface area contributed by atoms with Gasteiger partial charge in [-0.05, 0) is 31.2 Å². The summed E-state index contributed by atoms with van der Waals surface area (Å²) in [6.45, 7) is 3.57. The Morgan fingerprint density at radius 1 is 1.13 bits per heavy atom. The van der Waals surface area contributed by atoms with E-state index in [0.29, 0.717) is 49.8 Å². The number of para-hydroxylation sites is 1. The molecule has 0 bridgehead atoms. The number of ether oxygens (including phenoxy) is 1. The number of nitrogens with one attached hydrogen (secondary N) is 1. The summed E-state index contributed by atoms with van der Waals surface area (Å²) in [5, 5.41) is 2.75. The number of hydrogen-bond acceptors (Lipinski definition) is 5. The molecule has 1 saturated heterocycles. The number of nitrogens with zero attached hydrogens (tertiary/aromatic N) is 2. The third-order valence-corrected chi connectivity index (χ3v) is 6.52. The monoisotopic (exact) mass is 449 g/mol. The lowest BCUT2D eigenvalue weighted by Gasteiger charge is -2.24. The van der Waals surface area contributed by atoms with Gasteiger partial charge in [0.25, 0.3) is 0 Å². The van der Waals surface area contributed by atoms with Crippen molar-refractivity contribution in [3.05, 3.63) is 59.9 Å². The van der Waals surface area contributed by atoms with Gasteiger partial charge in [-0.1, -0.05) is 24.3 Å². The topological polar surface area (TPSA) is 79.0 Å². The Bertz CT molecular complexity index is 1000. The van der Waals surface area contributed by atoms with Crippen molar-refractivity contribution in [1.29, 1.82) is 0 Å². The molecule has 1 aliphatic rings. The number of hydrogen-bond donors (Lipinski definition) is 1. The summed E-state index contributed by atoms with van der Waals surface area (Å²) in [5.74, 6) is -0.0524. The Balaban J connectivity index is 1.66. The van der Waals surface area contributed by atoms with Gasteiger partial charge in [0.2, 0.25) is 15.9 Å². The molecule has 1 atom stereocenters. The molecule has 0 saturated carbocycles. The number of anilines is 1. The van der Waals surface area contributed by atoms with Gasteiger partial charge in [0.15, 0.2) is 0 Å². The van der Waals surface area contributed by atoms with Crippen LogP contribution in [0.3, 0.4) is 0 Å². The zero-order valence-corrected chi connectivity index (χ0v) is 18.6. The lowest BCUT2D eigenvalue weighted by molar-refractivity contribution is -0.117. The third-order valence-electron chi connectivity index (χ3n) is 5.25. The van der Waals surface area contributed by atoms with Crippen LogP contribution < -0.4 is 10.1 Å². The average Bonchev–Trinajstić information content (AvgIpc) is 2.93. The quantitative estimate of drug-likeness (QED) is 0.702. The highest BCUT2D eigenvalue weighted by molar-refractivity contribution is 7.88. The number of carbonyl (C=O) groups excluding carboxylic acids is 1. The number of halogens is 1. The van der Waals surface area contributed by atoms with Gasteiger partial charge in [0, 0.05) is 43.3 Å². The minimum Gasteiger partial charge on any atom is -0.493 e. The molecule has 7 nitrogen and oxygen atoms in total. The molecule has 0 spiro atoms. The molecule has 1 amide bonds. The van der Waals surface area contributed by atoms with Gasteiger partial charge in [0.05, 0.1) is 19.4 Å². The summed E-state index contributed by atoms with van der Waals surface area (Å²) in [7, 11) is -3.37. The van der Waals surface area contributed by atoms with Crippen molar-refractivity contribution in [1.82, 2.24) is 9.21 Å². The van der Waals surface area contributed by atoms with Crippen LogP contribution in [0.15, 0.2) is 48.5 Å². The second kappa shape index (κ2) is 10.2. The van der Waals surface area contributed by atoms with Gasteiger partial charge in [0.1, 0.15) is 11.6 Å². The fourth-order valence-corrected chi connectivity index (χ4v) is 4.46. The first-order chi connectivity index (χ1) is 14.7. The highest BCUT2D eigenvalue weighted by atomic mass is 32.2. The van der Waals surface area contributed by atoms with Gasteiger partial charge in [-0.3, -0.25) is 9.69 Å². The van der Waals surface area contributed by atoms with Crippen LogP contribution in [-0.4, -0.2) is 69.1 Å². The van der Waals surface area contributed by atoms with Crippen LogP contribution in [0.1, 0.15) is 5.56 Å². The molecule has 1 aliphatic heterocycles. The van der Waals surface area contributed by atoms with Crippen LogP contribution in [0.5, 0.6) is 5.75 Å². The molecule has 2 aromatic rings. The van der Waals surface area contributed by atoms with E-state index in [-0.39, 0.29) is 24.2 Å². The maximum Gasteiger partial charge on any atom is 0.238 e. The minimum atomic E-state index is -3.37. The predicted molar refractivity (Wildman–Crippen MR) is 118 cm³/mol. The highest BCUT2D eigenvalue weighted by Gasteiger charge is 2.29. The number of carbonyl (C=O) groups is 1. The summed E-state index contributed by atoms with van der Waals surface area (Å²) in [5.41, 5.74) is 0.811. The lowest BCUT2D eigenvalue weighted by atomic mass is 10.1. The summed E-state index contributed by atoms with van der Waals surface area (Å²) >= 11 is 0. The Morgan fingerprint density at radius 3 is 2.58 bits per heavy atom. The lowest BCUT2D eigenvalue weighted by Crippen LogP contribution is -2.38. The molecule has 1 heterocycles. The second-order valence-electron chi connectivity index (χ2n) is 7.81. The zero-order chi connectivity index (χ0) is 22.4. The van der Waals surface area contributed by atoms with Crippen LogP contribution in [0, 0.1) is 18.7 Å². The average molecular weight is 450 g/mol. The van der Waals surface area contributed by atoms with Crippen LogP contribution in [0.2, 0.25) is 0 Å². The summed E-state index contributed by atoms with van der Waals surface area (Å²) < 4.78 is 45.3. The number of sulfonamides is 1. The van der Waals surface area contributed by atoms with Crippen LogP contribution in [0.4, 0.5) is 10.1 Å². The molecular weight excluding hydrogens is 421 g/mol. The normalized spacial score (nSPS) is 18.4. The fourth-order valence-electron chi connectivity index (χ4n) is 3.56. The maximum absolute atomic E-state index is 13.7. The Labute approximate surface area is 182 Å². The van der Waals surface area contributed by atoms with E-state index in [1.54, 1.807) is 19.1 Å². The van der Waals surface area contributed by atoms with Crippen LogP contribution in [0.25, 0.3) is 0 Å². The van der Waals surface area contributed by atoms with Crippen molar-refractivity contribution < 1.29 is 22.3 Å². The molecule has 9 heteroatoms. The van der Waals surface area contributed by atoms with Crippen molar-refractivity contribution in [2.24, 2.45) is 5.92 Å². The molecule has 168 valence electrons. The largest absolute Gasteiger partial charge is 0.493 e. The van der Waals surface area contributed by atoms with Crippen molar-refractivity contribution >= 4 is 21.6 Å². The smallest absolute Gasteiger partial charge is 0.238 e. The molecule has 3 rings (SSSR count). The number of amides is 1. The van der Waals surface area contributed by atoms with Crippen LogP contribution >= 0.6 is 0 Å². The molecule has 1 N–H and O–H groups in total. The second-order valence-corrected chi connectivity index (χ2v) is 9.79. The van der Waals surface area contributed by atoms with E-state index in [2.05, 4.69) is 5.32 Å². The van der Waals surface area contributed by atoms with E-state index in [9.17, 15) is 17.6 Å². The van der Waals surface area contributed by atoms with E-state index in [4.69, 9.17) is 4.74 Å². The van der Waals surface area contributed by atoms with E-state index < -0.39 is 10.0 Å². The first-order valence-electron chi connectivity index (χ1n) is 10.1. The Hall–Kier alpha value is -2.49. The Kier molecular flexibility index (Phi) is 7.64. The van der Waals surface area contributed by atoms with E-state index in [1.807, 2.05) is 35.2 Å².